The summed E-state index contributed by atoms with van der Waals surface area (Å²) in [5.41, 5.74) is 12.1. The number of furan rings is 1. The number of hydrogen-bond donors (Lipinski definition) is 3. The van der Waals surface area contributed by atoms with Crippen LogP contribution in [-0.2, 0) is 18.4 Å². The molecule has 35 heavy (non-hydrogen) atoms. The molecule has 2 unspecified atom stereocenters. The molecule has 5 rings (SSSR count). The van der Waals surface area contributed by atoms with Gasteiger partial charge in [0.25, 0.3) is 0 Å². The lowest BCUT2D eigenvalue weighted by atomic mass is 9.96. The van der Waals surface area contributed by atoms with Crippen molar-refractivity contribution in [2.24, 2.45) is 26.4 Å². The van der Waals surface area contributed by atoms with Crippen LogP contribution in [0.25, 0.3) is 0 Å². The molecule has 0 bridgehead atoms. The standard InChI is InChI=1S/C21H21ClF4N8O/c22-14-6-5-13(21(24,25)26)12(16(14)23)10-33-7-1-3-11(33)9-20(15-4-2-8-35-15)31-19-30-17(27)29-18(28)34(19)32-20/h2,4-6,8,11,32H,1,3,7,9-10H2,(H4,27,28,29,30,31). The maximum absolute atomic E-state index is 14.8. The van der Waals surface area contributed by atoms with E-state index in [1.54, 1.807) is 17.0 Å². The van der Waals surface area contributed by atoms with Gasteiger partial charge in [0.05, 0.1) is 16.8 Å². The molecule has 9 nitrogen and oxygen atoms in total. The van der Waals surface area contributed by atoms with Gasteiger partial charge in [0.1, 0.15) is 11.6 Å². The van der Waals surface area contributed by atoms with Crippen molar-refractivity contribution in [2.75, 3.05) is 6.54 Å². The summed E-state index contributed by atoms with van der Waals surface area (Å²) in [4.78, 5) is 14.5. The van der Waals surface area contributed by atoms with Crippen LogP contribution in [0.3, 0.4) is 0 Å². The van der Waals surface area contributed by atoms with E-state index < -0.39 is 28.8 Å². The molecule has 1 aromatic carbocycles. The highest BCUT2D eigenvalue weighted by Gasteiger charge is 2.48. The Bertz CT molecular complexity index is 1230. The molecule has 14 heteroatoms. The Morgan fingerprint density at radius 2 is 2.03 bits per heavy atom. The number of guanidine groups is 3. The van der Waals surface area contributed by atoms with E-state index in [2.05, 4.69) is 20.4 Å². The molecule has 0 aliphatic carbocycles. The predicted molar refractivity (Wildman–Crippen MR) is 121 cm³/mol. The van der Waals surface area contributed by atoms with Crippen molar-refractivity contribution in [2.45, 2.75) is 43.7 Å². The molecule has 0 radical (unpaired) electrons. The summed E-state index contributed by atoms with van der Waals surface area (Å²) in [6.45, 7) is 0.201. The number of nitrogens with two attached hydrogens (primary N) is 2. The van der Waals surface area contributed by atoms with E-state index in [0.717, 1.165) is 12.1 Å². The van der Waals surface area contributed by atoms with Gasteiger partial charge in [0, 0.05) is 24.6 Å². The van der Waals surface area contributed by atoms with Gasteiger partial charge in [-0.1, -0.05) is 11.6 Å². The van der Waals surface area contributed by atoms with E-state index in [4.69, 9.17) is 27.5 Å². The van der Waals surface area contributed by atoms with Crippen molar-refractivity contribution in [1.82, 2.24) is 15.3 Å². The SMILES string of the molecule is NC1=NC2=NC(CC3CCCN3Cc3c(C(F)(F)F)ccc(Cl)c3F)(c3ccco3)NN2C(N)=N1. The van der Waals surface area contributed by atoms with Crippen LogP contribution < -0.4 is 16.9 Å². The fraction of sp³-hybridized carbons (Fsp3) is 0.381. The molecule has 4 heterocycles. The second-order valence-electron chi connectivity index (χ2n) is 8.49. The summed E-state index contributed by atoms with van der Waals surface area (Å²) in [6, 6.07) is 4.85. The van der Waals surface area contributed by atoms with Crippen LogP contribution in [0.2, 0.25) is 5.02 Å². The summed E-state index contributed by atoms with van der Waals surface area (Å²) in [7, 11) is 0. The van der Waals surface area contributed by atoms with Gasteiger partial charge in [-0.2, -0.15) is 28.6 Å². The zero-order valence-electron chi connectivity index (χ0n) is 18.2. The van der Waals surface area contributed by atoms with Crippen LogP contribution in [0.15, 0.2) is 49.9 Å². The topological polar surface area (TPSA) is 121 Å². The molecule has 1 aromatic heterocycles. The van der Waals surface area contributed by atoms with Gasteiger partial charge in [0.2, 0.25) is 17.9 Å². The molecule has 0 spiro atoms. The third-order valence-electron chi connectivity index (χ3n) is 6.28. The van der Waals surface area contributed by atoms with E-state index >= 15 is 0 Å². The predicted octanol–water partition coefficient (Wildman–Crippen LogP) is 3.12. The number of rotatable bonds is 5. The van der Waals surface area contributed by atoms with Crippen LogP contribution >= 0.6 is 11.6 Å². The maximum atomic E-state index is 14.8. The van der Waals surface area contributed by atoms with Gasteiger partial charge >= 0.3 is 6.18 Å². The summed E-state index contributed by atoms with van der Waals surface area (Å²) in [6.07, 6.45) is -1.62. The van der Waals surface area contributed by atoms with Gasteiger partial charge in [-0.15, -0.1) is 0 Å². The van der Waals surface area contributed by atoms with Crippen LogP contribution in [0.5, 0.6) is 0 Å². The van der Waals surface area contributed by atoms with Gasteiger partial charge in [-0.25, -0.2) is 14.4 Å². The number of benzene rings is 1. The Hall–Kier alpha value is -3.16. The minimum Gasteiger partial charge on any atom is -0.465 e. The molecule has 3 aliphatic rings. The van der Waals surface area contributed by atoms with E-state index in [1.165, 1.54) is 11.3 Å². The fourth-order valence-corrected chi connectivity index (χ4v) is 4.89. The molecule has 2 aromatic rings. The average molecular weight is 513 g/mol. The molecular weight excluding hydrogens is 492 g/mol. The number of hydrazine groups is 1. The average Bonchev–Trinajstić information content (AvgIpc) is 3.52. The van der Waals surface area contributed by atoms with Crippen molar-refractivity contribution in [3.05, 3.63) is 58.3 Å². The number of hydrogen-bond acceptors (Lipinski definition) is 9. The molecule has 1 saturated heterocycles. The number of nitrogens with zero attached hydrogens (tertiary/aromatic N) is 5. The first-order chi connectivity index (χ1) is 16.6. The van der Waals surface area contributed by atoms with Gasteiger partial charge < -0.3 is 15.9 Å². The number of nitrogens with one attached hydrogen (secondary N) is 1. The first-order valence-corrected chi connectivity index (χ1v) is 11.1. The normalized spacial score (nSPS) is 24.9. The van der Waals surface area contributed by atoms with Crippen molar-refractivity contribution in [3.8, 4) is 0 Å². The first-order valence-electron chi connectivity index (χ1n) is 10.8. The second-order valence-corrected chi connectivity index (χ2v) is 8.90. The largest absolute Gasteiger partial charge is 0.465 e. The minimum atomic E-state index is -4.72. The summed E-state index contributed by atoms with van der Waals surface area (Å²) >= 11 is 5.83. The van der Waals surface area contributed by atoms with Gasteiger partial charge in [-0.3, -0.25) is 4.90 Å². The first kappa shape index (κ1) is 23.6. The quantitative estimate of drug-likeness (QED) is 0.529. The third-order valence-corrected chi connectivity index (χ3v) is 6.57. The number of fused-ring (bicyclic) bond motifs is 1. The van der Waals surface area contributed by atoms with Crippen molar-refractivity contribution in [3.63, 3.8) is 0 Å². The lowest BCUT2D eigenvalue weighted by Crippen LogP contribution is -2.55. The Kier molecular flexibility index (Phi) is 5.73. The Balaban J connectivity index is 1.47. The highest BCUT2D eigenvalue weighted by Crippen LogP contribution is 2.40. The monoisotopic (exact) mass is 512 g/mol. The Labute approximate surface area is 202 Å². The van der Waals surface area contributed by atoms with E-state index in [1.807, 2.05) is 0 Å². The molecule has 5 N–H and O–H groups in total. The smallest absolute Gasteiger partial charge is 0.416 e. The maximum Gasteiger partial charge on any atom is 0.416 e. The summed E-state index contributed by atoms with van der Waals surface area (Å²) < 4.78 is 61.3. The van der Waals surface area contributed by atoms with E-state index in [-0.39, 0.29) is 41.9 Å². The summed E-state index contributed by atoms with van der Waals surface area (Å²) in [5, 5.41) is 1.01. The van der Waals surface area contributed by atoms with E-state index in [0.29, 0.717) is 25.1 Å². The van der Waals surface area contributed by atoms with Gasteiger partial charge in [0.15, 0.2) is 5.66 Å². The second kappa shape index (κ2) is 8.50. The minimum absolute atomic E-state index is 0.0313. The molecule has 2 atom stereocenters. The van der Waals surface area contributed by atoms with Crippen molar-refractivity contribution < 1.29 is 22.0 Å². The molecule has 186 valence electrons. The highest BCUT2D eigenvalue weighted by molar-refractivity contribution is 6.30. The fourth-order valence-electron chi connectivity index (χ4n) is 4.72. The van der Waals surface area contributed by atoms with Crippen LogP contribution in [-0.4, -0.2) is 40.4 Å². The number of aliphatic imine (C=N–C) groups is 3. The summed E-state index contributed by atoms with van der Waals surface area (Å²) in [5.74, 6) is -0.482. The molecule has 0 amide bonds. The molecule has 1 fully saturated rings. The van der Waals surface area contributed by atoms with Crippen molar-refractivity contribution in [1.29, 1.82) is 0 Å². The zero-order chi connectivity index (χ0) is 25.0. The number of likely N-dealkylation sites (tertiary alicyclic amines) is 1. The molecule has 0 saturated carbocycles. The van der Waals surface area contributed by atoms with Crippen LogP contribution in [0.4, 0.5) is 17.6 Å². The Morgan fingerprint density at radius 1 is 1.23 bits per heavy atom. The highest BCUT2D eigenvalue weighted by atomic mass is 35.5. The van der Waals surface area contributed by atoms with Gasteiger partial charge in [-0.05, 0) is 43.7 Å². The van der Waals surface area contributed by atoms with Crippen LogP contribution in [0.1, 0.15) is 36.1 Å². The third kappa shape index (κ3) is 4.23. The van der Waals surface area contributed by atoms with E-state index in [9.17, 15) is 17.6 Å². The molecular formula is C21H21ClF4N8O. The number of alkyl halides is 3. The zero-order valence-corrected chi connectivity index (χ0v) is 18.9. The number of halogens is 5. The van der Waals surface area contributed by atoms with Crippen LogP contribution in [0, 0.1) is 5.82 Å². The molecule has 3 aliphatic heterocycles. The van der Waals surface area contributed by atoms with Crippen molar-refractivity contribution >= 4 is 29.5 Å². The lowest BCUT2D eigenvalue weighted by Gasteiger charge is -2.33. The Morgan fingerprint density at radius 3 is 2.74 bits per heavy atom. The lowest BCUT2D eigenvalue weighted by molar-refractivity contribution is -0.138.